The number of primary amides is 1. The molecule has 3 N–H and O–H groups in total. The van der Waals surface area contributed by atoms with Crippen molar-refractivity contribution >= 4 is 40.1 Å². The number of hydrogen-bond acceptors (Lipinski definition) is 5. The van der Waals surface area contributed by atoms with Crippen molar-refractivity contribution in [3.8, 4) is 22.6 Å². The third kappa shape index (κ3) is 4.53. The molecule has 3 aromatic carbocycles. The fourth-order valence-electron chi connectivity index (χ4n) is 3.68. The van der Waals surface area contributed by atoms with Crippen LogP contribution in [-0.4, -0.2) is 35.8 Å². The SMILES string of the molecule is COc1cc(OC)cc(-c2ccc3c(NC(=O)c4cccc(C(Cl)C(N)=O)c4)nn(C)c3c2)c1. The maximum atomic E-state index is 12.9. The van der Waals surface area contributed by atoms with Gasteiger partial charge in [0.05, 0.1) is 19.7 Å². The second-order valence-corrected chi connectivity index (χ2v) is 8.09. The number of ether oxygens (including phenoxy) is 2. The number of carbonyl (C=O) groups is 2. The van der Waals surface area contributed by atoms with Crippen molar-refractivity contribution < 1.29 is 19.1 Å². The summed E-state index contributed by atoms with van der Waals surface area (Å²) in [7, 11) is 5.02. The molecule has 0 bridgehead atoms. The molecular formula is C25H23ClN4O4. The Kier molecular flexibility index (Phi) is 6.43. The molecule has 1 atom stereocenters. The van der Waals surface area contributed by atoms with E-state index in [0.717, 1.165) is 22.0 Å². The molecule has 9 heteroatoms. The van der Waals surface area contributed by atoms with Gasteiger partial charge in [-0.3, -0.25) is 14.3 Å². The summed E-state index contributed by atoms with van der Waals surface area (Å²) in [6.07, 6.45) is 0. The lowest BCUT2D eigenvalue weighted by Crippen LogP contribution is -2.18. The van der Waals surface area contributed by atoms with Crippen LogP contribution in [0.25, 0.3) is 22.0 Å². The second kappa shape index (κ2) is 9.44. The molecule has 174 valence electrons. The first-order valence-corrected chi connectivity index (χ1v) is 10.8. The van der Waals surface area contributed by atoms with Gasteiger partial charge in [-0.2, -0.15) is 5.10 Å². The molecule has 0 aliphatic heterocycles. The van der Waals surface area contributed by atoms with Crippen molar-refractivity contribution in [1.29, 1.82) is 0 Å². The molecule has 0 radical (unpaired) electrons. The quantitative estimate of drug-likeness (QED) is 0.385. The standard InChI is InChI=1S/C25H23ClN4O4/c1-30-21-12-14(17-10-18(33-2)13-19(11-17)34-3)7-8-20(21)24(29-30)28-25(32)16-6-4-5-15(9-16)22(26)23(27)31/h4-13,22H,1-3H3,(H2,27,31)(H,28,29,32). The van der Waals surface area contributed by atoms with Gasteiger partial charge in [0.25, 0.3) is 5.91 Å². The summed E-state index contributed by atoms with van der Waals surface area (Å²) in [5, 5.41) is 7.08. The highest BCUT2D eigenvalue weighted by Gasteiger charge is 2.18. The van der Waals surface area contributed by atoms with Crippen LogP contribution in [0.1, 0.15) is 21.3 Å². The highest BCUT2D eigenvalue weighted by molar-refractivity contribution is 6.30. The molecule has 0 spiro atoms. The molecule has 8 nitrogen and oxygen atoms in total. The monoisotopic (exact) mass is 478 g/mol. The number of halogens is 1. The van der Waals surface area contributed by atoms with E-state index < -0.39 is 11.3 Å². The topological polar surface area (TPSA) is 108 Å². The highest BCUT2D eigenvalue weighted by atomic mass is 35.5. The Morgan fingerprint density at radius 3 is 2.35 bits per heavy atom. The minimum Gasteiger partial charge on any atom is -0.497 e. The second-order valence-electron chi connectivity index (χ2n) is 7.65. The van der Waals surface area contributed by atoms with Crippen LogP contribution in [0.2, 0.25) is 0 Å². The van der Waals surface area contributed by atoms with Crippen molar-refractivity contribution in [2.45, 2.75) is 5.38 Å². The number of methoxy groups -OCH3 is 2. The van der Waals surface area contributed by atoms with Gasteiger partial charge < -0.3 is 20.5 Å². The number of fused-ring (bicyclic) bond motifs is 1. The van der Waals surface area contributed by atoms with Crippen molar-refractivity contribution in [2.75, 3.05) is 19.5 Å². The van der Waals surface area contributed by atoms with Gasteiger partial charge in [-0.25, -0.2) is 0 Å². The number of hydrogen-bond donors (Lipinski definition) is 2. The lowest BCUT2D eigenvalue weighted by molar-refractivity contribution is -0.117. The summed E-state index contributed by atoms with van der Waals surface area (Å²) in [6, 6.07) is 17.9. The summed E-state index contributed by atoms with van der Waals surface area (Å²) >= 11 is 6.03. The van der Waals surface area contributed by atoms with E-state index in [1.54, 1.807) is 44.1 Å². The first-order valence-electron chi connectivity index (χ1n) is 10.4. The fraction of sp³-hybridized carbons (Fsp3) is 0.160. The maximum absolute atomic E-state index is 12.9. The van der Waals surface area contributed by atoms with Crippen LogP contribution in [-0.2, 0) is 11.8 Å². The Bertz CT molecular complexity index is 1380. The van der Waals surface area contributed by atoms with E-state index in [1.807, 2.05) is 36.4 Å². The molecule has 0 saturated heterocycles. The molecule has 4 aromatic rings. The molecule has 0 fully saturated rings. The first-order chi connectivity index (χ1) is 16.3. The van der Waals surface area contributed by atoms with Crippen LogP contribution in [0, 0.1) is 0 Å². The average Bonchev–Trinajstić information content (AvgIpc) is 3.17. The summed E-state index contributed by atoms with van der Waals surface area (Å²) < 4.78 is 12.5. The number of alkyl halides is 1. The number of benzene rings is 3. The zero-order chi connectivity index (χ0) is 24.4. The van der Waals surface area contributed by atoms with Crippen molar-refractivity contribution in [1.82, 2.24) is 9.78 Å². The summed E-state index contributed by atoms with van der Waals surface area (Å²) in [5.74, 6) is 0.728. The van der Waals surface area contributed by atoms with Gasteiger partial charge in [-0.05, 0) is 53.1 Å². The molecule has 1 heterocycles. The van der Waals surface area contributed by atoms with Crippen LogP contribution in [0.5, 0.6) is 11.5 Å². The maximum Gasteiger partial charge on any atom is 0.256 e. The Hall–Kier alpha value is -4.04. The fourth-order valence-corrected chi connectivity index (χ4v) is 3.82. The van der Waals surface area contributed by atoms with Crippen LogP contribution in [0.4, 0.5) is 5.82 Å². The smallest absolute Gasteiger partial charge is 0.256 e. The van der Waals surface area contributed by atoms with Crippen molar-refractivity contribution in [3.63, 3.8) is 0 Å². The number of aryl methyl sites for hydroxylation is 1. The number of carbonyl (C=O) groups excluding carboxylic acids is 2. The van der Waals surface area contributed by atoms with E-state index >= 15 is 0 Å². The molecule has 0 saturated carbocycles. The van der Waals surface area contributed by atoms with Gasteiger partial charge >= 0.3 is 0 Å². The lowest BCUT2D eigenvalue weighted by Gasteiger charge is -2.09. The Balaban J connectivity index is 1.65. The number of amides is 2. The van der Waals surface area contributed by atoms with E-state index in [0.29, 0.717) is 28.4 Å². The Labute approximate surface area is 201 Å². The van der Waals surface area contributed by atoms with Crippen LogP contribution >= 0.6 is 11.6 Å². The number of nitrogens with two attached hydrogens (primary N) is 1. The number of nitrogens with one attached hydrogen (secondary N) is 1. The Morgan fingerprint density at radius 2 is 1.71 bits per heavy atom. The largest absolute Gasteiger partial charge is 0.497 e. The van der Waals surface area contributed by atoms with Gasteiger partial charge in [-0.15, -0.1) is 11.6 Å². The molecule has 34 heavy (non-hydrogen) atoms. The van der Waals surface area contributed by atoms with Crippen LogP contribution < -0.4 is 20.5 Å². The van der Waals surface area contributed by atoms with Crippen LogP contribution in [0.3, 0.4) is 0 Å². The number of nitrogens with zero attached hydrogens (tertiary/aromatic N) is 2. The predicted octanol–water partition coefficient (Wildman–Crippen LogP) is 4.28. The summed E-state index contributed by atoms with van der Waals surface area (Å²) in [4.78, 5) is 24.3. The number of rotatable bonds is 7. The minimum atomic E-state index is -1.02. The zero-order valence-electron chi connectivity index (χ0n) is 18.8. The van der Waals surface area contributed by atoms with E-state index in [9.17, 15) is 9.59 Å². The third-order valence-electron chi connectivity index (χ3n) is 5.46. The number of anilines is 1. The lowest BCUT2D eigenvalue weighted by atomic mass is 10.0. The highest BCUT2D eigenvalue weighted by Crippen LogP contribution is 2.33. The molecular weight excluding hydrogens is 456 g/mol. The molecule has 0 aliphatic rings. The first kappa shape index (κ1) is 23.1. The third-order valence-corrected chi connectivity index (χ3v) is 5.93. The van der Waals surface area contributed by atoms with Gasteiger partial charge in [0.1, 0.15) is 16.9 Å². The van der Waals surface area contributed by atoms with Crippen molar-refractivity contribution in [2.24, 2.45) is 12.8 Å². The molecule has 0 aliphatic carbocycles. The summed E-state index contributed by atoms with van der Waals surface area (Å²) in [5.41, 5.74) is 8.75. The van der Waals surface area contributed by atoms with Gasteiger partial charge in [0.2, 0.25) is 5.91 Å². The van der Waals surface area contributed by atoms with Crippen molar-refractivity contribution in [3.05, 3.63) is 71.8 Å². The molecule has 1 unspecified atom stereocenters. The van der Waals surface area contributed by atoms with Gasteiger partial charge in [0.15, 0.2) is 5.82 Å². The average molecular weight is 479 g/mol. The number of aromatic nitrogens is 2. The molecule has 2 amide bonds. The van der Waals surface area contributed by atoms with E-state index in [4.69, 9.17) is 26.8 Å². The summed E-state index contributed by atoms with van der Waals surface area (Å²) in [6.45, 7) is 0. The van der Waals surface area contributed by atoms with Gasteiger partial charge in [0, 0.05) is 24.1 Å². The van der Waals surface area contributed by atoms with E-state index in [2.05, 4.69) is 10.4 Å². The normalized spacial score (nSPS) is 11.8. The zero-order valence-corrected chi connectivity index (χ0v) is 19.6. The van der Waals surface area contributed by atoms with Crippen LogP contribution in [0.15, 0.2) is 60.7 Å². The van der Waals surface area contributed by atoms with E-state index in [1.165, 1.54) is 6.07 Å². The molecule has 4 rings (SSSR count). The minimum absolute atomic E-state index is 0.336. The predicted molar refractivity (Wildman–Crippen MR) is 131 cm³/mol. The van der Waals surface area contributed by atoms with Gasteiger partial charge in [-0.1, -0.05) is 18.2 Å². The van der Waals surface area contributed by atoms with E-state index in [-0.39, 0.29) is 5.91 Å². The Morgan fingerprint density at radius 1 is 1.00 bits per heavy atom. The molecule has 1 aromatic heterocycles.